The summed E-state index contributed by atoms with van der Waals surface area (Å²) in [5.74, 6) is -0.437. The molecule has 2 rings (SSSR count). The highest BCUT2D eigenvalue weighted by atomic mass is 16.6. The molecule has 2 aromatic carbocycles. The number of anilines is 1. The van der Waals surface area contributed by atoms with E-state index >= 15 is 0 Å². The lowest BCUT2D eigenvalue weighted by Gasteiger charge is -2.15. The number of hydrogen-bond acceptors (Lipinski definition) is 4. The number of nitrogens with two attached hydrogens (primary N) is 1. The lowest BCUT2D eigenvalue weighted by molar-refractivity contribution is -0.384. The van der Waals surface area contributed by atoms with Crippen molar-refractivity contribution >= 4 is 17.3 Å². The summed E-state index contributed by atoms with van der Waals surface area (Å²) in [5.41, 5.74) is 6.81. The van der Waals surface area contributed by atoms with Crippen LogP contribution in [0, 0.1) is 10.1 Å². The Labute approximate surface area is 121 Å². The minimum Gasteiger partial charge on any atom is -0.398 e. The number of nitrogens with one attached hydrogen (secondary N) is 1. The summed E-state index contributed by atoms with van der Waals surface area (Å²) in [7, 11) is 0. The number of rotatable bonds is 4. The summed E-state index contributed by atoms with van der Waals surface area (Å²) < 4.78 is 0. The summed E-state index contributed by atoms with van der Waals surface area (Å²) in [5, 5.41) is 13.5. The molecule has 0 saturated carbocycles. The summed E-state index contributed by atoms with van der Waals surface area (Å²) in [6.45, 7) is 1.83. The number of nitrogen functional groups attached to an aromatic ring is 1. The SMILES string of the molecule is CC(NC(=O)c1cc([N+](=O)[O-])ccc1N)c1ccccc1. The number of amides is 1. The minimum atomic E-state index is -0.559. The van der Waals surface area contributed by atoms with Crippen LogP contribution < -0.4 is 11.1 Å². The third kappa shape index (κ3) is 3.36. The number of benzene rings is 2. The molecule has 21 heavy (non-hydrogen) atoms. The van der Waals surface area contributed by atoms with E-state index in [9.17, 15) is 14.9 Å². The highest BCUT2D eigenvalue weighted by molar-refractivity contribution is 6.00. The number of nitro benzene ring substituents is 1. The zero-order valence-corrected chi connectivity index (χ0v) is 11.4. The van der Waals surface area contributed by atoms with Crippen LogP contribution in [0.15, 0.2) is 48.5 Å². The molecule has 0 bridgehead atoms. The first kappa shape index (κ1) is 14.5. The van der Waals surface area contributed by atoms with Gasteiger partial charge in [0.25, 0.3) is 11.6 Å². The number of nitrogens with zero attached hydrogens (tertiary/aromatic N) is 1. The summed E-state index contributed by atoms with van der Waals surface area (Å²) in [6, 6.07) is 13.0. The van der Waals surface area contributed by atoms with Crippen molar-refractivity contribution in [1.82, 2.24) is 5.32 Å². The Balaban J connectivity index is 2.21. The lowest BCUT2D eigenvalue weighted by Crippen LogP contribution is -2.27. The van der Waals surface area contributed by atoms with Crippen LogP contribution in [0.25, 0.3) is 0 Å². The van der Waals surface area contributed by atoms with Crippen molar-refractivity contribution in [2.24, 2.45) is 0 Å². The molecule has 0 saturated heterocycles. The Hall–Kier alpha value is -2.89. The molecule has 0 aliphatic rings. The van der Waals surface area contributed by atoms with E-state index in [1.54, 1.807) is 0 Å². The number of non-ortho nitro benzene ring substituents is 1. The fourth-order valence-corrected chi connectivity index (χ4v) is 1.95. The fraction of sp³-hybridized carbons (Fsp3) is 0.133. The highest BCUT2D eigenvalue weighted by Crippen LogP contribution is 2.21. The number of carbonyl (C=O) groups excluding carboxylic acids is 1. The largest absolute Gasteiger partial charge is 0.398 e. The normalized spacial score (nSPS) is 11.7. The van der Waals surface area contributed by atoms with Gasteiger partial charge in [-0.2, -0.15) is 0 Å². The van der Waals surface area contributed by atoms with E-state index in [1.165, 1.54) is 18.2 Å². The smallest absolute Gasteiger partial charge is 0.270 e. The van der Waals surface area contributed by atoms with Crippen molar-refractivity contribution in [2.75, 3.05) is 5.73 Å². The molecule has 6 heteroatoms. The molecule has 0 aliphatic carbocycles. The van der Waals surface area contributed by atoms with Crippen molar-refractivity contribution in [1.29, 1.82) is 0 Å². The third-order valence-electron chi connectivity index (χ3n) is 3.14. The topological polar surface area (TPSA) is 98.3 Å². The van der Waals surface area contributed by atoms with E-state index in [-0.39, 0.29) is 23.0 Å². The van der Waals surface area contributed by atoms with E-state index in [1.807, 2.05) is 37.3 Å². The Morgan fingerprint density at radius 2 is 1.90 bits per heavy atom. The minimum absolute atomic E-state index is 0.104. The molecule has 0 fully saturated rings. The van der Waals surface area contributed by atoms with Crippen molar-refractivity contribution in [3.63, 3.8) is 0 Å². The highest BCUT2D eigenvalue weighted by Gasteiger charge is 2.17. The average Bonchev–Trinajstić information content (AvgIpc) is 2.48. The van der Waals surface area contributed by atoms with Gasteiger partial charge < -0.3 is 11.1 Å². The van der Waals surface area contributed by atoms with E-state index < -0.39 is 10.8 Å². The maximum absolute atomic E-state index is 12.2. The van der Waals surface area contributed by atoms with Crippen LogP contribution >= 0.6 is 0 Å². The Kier molecular flexibility index (Phi) is 4.18. The first-order valence-corrected chi connectivity index (χ1v) is 6.38. The van der Waals surface area contributed by atoms with Gasteiger partial charge in [0.2, 0.25) is 0 Å². The van der Waals surface area contributed by atoms with Crippen LogP contribution in [-0.2, 0) is 0 Å². The fourth-order valence-electron chi connectivity index (χ4n) is 1.95. The van der Waals surface area contributed by atoms with E-state index in [4.69, 9.17) is 5.73 Å². The van der Waals surface area contributed by atoms with Gasteiger partial charge in [0, 0.05) is 17.8 Å². The quantitative estimate of drug-likeness (QED) is 0.512. The summed E-state index contributed by atoms with van der Waals surface area (Å²) in [6.07, 6.45) is 0. The van der Waals surface area contributed by atoms with Gasteiger partial charge in [-0.3, -0.25) is 14.9 Å². The zero-order chi connectivity index (χ0) is 15.4. The van der Waals surface area contributed by atoms with Gasteiger partial charge in [0.05, 0.1) is 16.5 Å². The molecule has 6 nitrogen and oxygen atoms in total. The van der Waals surface area contributed by atoms with E-state index in [0.717, 1.165) is 5.56 Å². The van der Waals surface area contributed by atoms with Gasteiger partial charge in [-0.15, -0.1) is 0 Å². The number of hydrogen-bond donors (Lipinski definition) is 2. The predicted molar refractivity (Wildman–Crippen MR) is 79.8 cm³/mol. The molecule has 3 N–H and O–H groups in total. The molecular formula is C15H15N3O3. The summed E-state index contributed by atoms with van der Waals surface area (Å²) in [4.78, 5) is 22.4. The van der Waals surface area contributed by atoms with Crippen LogP contribution in [0.3, 0.4) is 0 Å². The molecule has 0 spiro atoms. The second-order valence-corrected chi connectivity index (χ2v) is 4.63. The van der Waals surface area contributed by atoms with Crippen LogP contribution in [0.5, 0.6) is 0 Å². The van der Waals surface area contributed by atoms with Crippen molar-refractivity contribution in [3.05, 3.63) is 69.8 Å². The Morgan fingerprint density at radius 1 is 1.24 bits per heavy atom. The Bertz CT molecular complexity index is 671. The molecule has 0 radical (unpaired) electrons. The molecule has 108 valence electrons. The molecule has 0 aliphatic heterocycles. The van der Waals surface area contributed by atoms with Crippen LogP contribution in [0.1, 0.15) is 28.9 Å². The van der Waals surface area contributed by atoms with E-state index in [0.29, 0.717) is 0 Å². The van der Waals surface area contributed by atoms with Crippen molar-refractivity contribution in [3.8, 4) is 0 Å². The first-order chi connectivity index (χ1) is 9.99. The van der Waals surface area contributed by atoms with Gasteiger partial charge in [0.15, 0.2) is 0 Å². The van der Waals surface area contributed by atoms with Gasteiger partial charge in [-0.1, -0.05) is 30.3 Å². The molecule has 2 aromatic rings. The molecular weight excluding hydrogens is 270 g/mol. The van der Waals surface area contributed by atoms with Gasteiger partial charge in [-0.25, -0.2) is 0 Å². The zero-order valence-electron chi connectivity index (χ0n) is 11.4. The van der Waals surface area contributed by atoms with Gasteiger partial charge >= 0.3 is 0 Å². The van der Waals surface area contributed by atoms with Gasteiger partial charge in [0.1, 0.15) is 0 Å². The van der Waals surface area contributed by atoms with Crippen molar-refractivity contribution in [2.45, 2.75) is 13.0 Å². The monoisotopic (exact) mass is 285 g/mol. The van der Waals surface area contributed by atoms with Crippen LogP contribution in [-0.4, -0.2) is 10.8 Å². The number of nitro groups is 1. The molecule has 0 heterocycles. The average molecular weight is 285 g/mol. The Morgan fingerprint density at radius 3 is 2.52 bits per heavy atom. The standard InChI is InChI=1S/C15H15N3O3/c1-10(11-5-3-2-4-6-11)17-15(19)13-9-12(18(20)21)7-8-14(13)16/h2-10H,16H2,1H3,(H,17,19). The maximum atomic E-state index is 12.2. The predicted octanol–water partition coefficient (Wildman–Crippen LogP) is 2.67. The van der Waals surface area contributed by atoms with Crippen molar-refractivity contribution < 1.29 is 9.72 Å². The second-order valence-electron chi connectivity index (χ2n) is 4.63. The molecule has 1 unspecified atom stereocenters. The third-order valence-corrected chi connectivity index (χ3v) is 3.14. The second kappa shape index (κ2) is 6.04. The van der Waals surface area contributed by atoms with E-state index in [2.05, 4.69) is 5.32 Å². The van der Waals surface area contributed by atoms with Gasteiger partial charge in [-0.05, 0) is 18.6 Å². The maximum Gasteiger partial charge on any atom is 0.270 e. The van der Waals surface area contributed by atoms with Crippen LogP contribution in [0.2, 0.25) is 0 Å². The molecule has 1 atom stereocenters. The van der Waals surface area contributed by atoms with Crippen LogP contribution in [0.4, 0.5) is 11.4 Å². The summed E-state index contributed by atoms with van der Waals surface area (Å²) >= 11 is 0. The number of carbonyl (C=O) groups is 1. The first-order valence-electron chi connectivity index (χ1n) is 6.38. The molecule has 1 amide bonds. The molecule has 0 aromatic heterocycles. The lowest BCUT2D eigenvalue weighted by atomic mass is 10.1.